The van der Waals surface area contributed by atoms with Crippen molar-refractivity contribution in [2.24, 2.45) is 5.10 Å². The van der Waals surface area contributed by atoms with Gasteiger partial charge in [0.05, 0.1) is 16.3 Å². The van der Waals surface area contributed by atoms with Crippen LogP contribution in [0.15, 0.2) is 64.4 Å². The van der Waals surface area contributed by atoms with E-state index in [2.05, 4.69) is 15.5 Å². The van der Waals surface area contributed by atoms with Crippen LogP contribution in [0.4, 0.5) is 0 Å². The van der Waals surface area contributed by atoms with Gasteiger partial charge in [0.1, 0.15) is 11.5 Å². The summed E-state index contributed by atoms with van der Waals surface area (Å²) in [4.78, 5) is 15.7. The van der Waals surface area contributed by atoms with Crippen molar-refractivity contribution in [1.29, 1.82) is 0 Å². The highest BCUT2D eigenvalue weighted by molar-refractivity contribution is 6.43. The van der Waals surface area contributed by atoms with Gasteiger partial charge >= 0.3 is 0 Å². The zero-order chi connectivity index (χ0) is 16.9. The Morgan fingerprint density at radius 2 is 1.92 bits per heavy atom. The average molecular weight is 360 g/mol. The minimum absolute atomic E-state index is 0.335. The lowest BCUT2D eigenvalue weighted by molar-refractivity contribution is 0.0955. The van der Waals surface area contributed by atoms with E-state index in [4.69, 9.17) is 27.6 Å². The van der Waals surface area contributed by atoms with Crippen LogP contribution in [0, 0.1) is 0 Å². The van der Waals surface area contributed by atoms with Crippen molar-refractivity contribution in [3.05, 3.63) is 76.2 Å². The molecule has 0 aliphatic rings. The van der Waals surface area contributed by atoms with Gasteiger partial charge < -0.3 is 4.42 Å². The van der Waals surface area contributed by atoms with E-state index in [1.165, 1.54) is 18.6 Å². The number of pyridine rings is 1. The van der Waals surface area contributed by atoms with Gasteiger partial charge in [0.25, 0.3) is 5.91 Å². The van der Waals surface area contributed by atoms with Crippen molar-refractivity contribution in [2.75, 3.05) is 0 Å². The molecule has 5 nitrogen and oxygen atoms in total. The molecule has 1 aromatic carbocycles. The first-order chi connectivity index (χ1) is 11.6. The second-order valence-electron chi connectivity index (χ2n) is 4.74. The van der Waals surface area contributed by atoms with Gasteiger partial charge in [-0.1, -0.05) is 29.3 Å². The molecule has 0 unspecified atom stereocenters. The normalized spacial score (nSPS) is 10.9. The number of benzene rings is 1. The number of carbonyl (C=O) groups is 1. The van der Waals surface area contributed by atoms with Crippen molar-refractivity contribution in [2.45, 2.75) is 0 Å². The van der Waals surface area contributed by atoms with E-state index < -0.39 is 0 Å². The predicted molar refractivity (Wildman–Crippen MR) is 93.5 cm³/mol. The SMILES string of the molecule is O=C(N/N=C\c1ccc(-c2cccc(Cl)c2Cl)o1)c1ccncc1. The highest BCUT2D eigenvalue weighted by atomic mass is 35.5. The summed E-state index contributed by atoms with van der Waals surface area (Å²) < 4.78 is 5.64. The molecule has 0 saturated carbocycles. The van der Waals surface area contributed by atoms with Gasteiger partial charge in [0.2, 0.25) is 0 Å². The summed E-state index contributed by atoms with van der Waals surface area (Å²) in [6.07, 6.45) is 4.47. The summed E-state index contributed by atoms with van der Waals surface area (Å²) in [5.74, 6) is 0.693. The van der Waals surface area contributed by atoms with Crippen LogP contribution in [0.1, 0.15) is 16.1 Å². The molecular formula is C17H11Cl2N3O2. The molecule has 3 rings (SSSR count). The number of nitrogens with one attached hydrogen (secondary N) is 1. The van der Waals surface area contributed by atoms with Gasteiger partial charge in [-0.15, -0.1) is 0 Å². The summed E-state index contributed by atoms with van der Waals surface area (Å²) in [5.41, 5.74) is 3.56. The average Bonchev–Trinajstić information content (AvgIpc) is 3.06. The third kappa shape index (κ3) is 3.64. The van der Waals surface area contributed by atoms with Crippen LogP contribution in [0.25, 0.3) is 11.3 Å². The van der Waals surface area contributed by atoms with Gasteiger partial charge in [0, 0.05) is 23.5 Å². The van der Waals surface area contributed by atoms with Crippen LogP contribution < -0.4 is 5.43 Å². The van der Waals surface area contributed by atoms with Crippen LogP contribution in [0.5, 0.6) is 0 Å². The fraction of sp³-hybridized carbons (Fsp3) is 0. The monoisotopic (exact) mass is 359 g/mol. The highest BCUT2D eigenvalue weighted by Crippen LogP contribution is 2.34. The molecule has 24 heavy (non-hydrogen) atoms. The first kappa shape index (κ1) is 16.2. The Bertz CT molecular complexity index is 892. The third-order valence-electron chi connectivity index (χ3n) is 3.14. The summed E-state index contributed by atoms with van der Waals surface area (Å²) in [6, 6.07) is 12.0. The fourth-order valence-electron chi connectivity index (χ4n) is 1.98. The molecular weight excluding hydrogens is 349 g/mol. The Balaban J connectivity index is 1.70. The van der Waals surface area contributed by atoms with Crippen LogP contribution in [-0.2, 0) is 0 Å². The number of amides is 1. The number of furan rings is 1. The smallest absolute Gasteiger partial charge is 0.271 e. The lowest BCUT2D eigenvalue weighted by Crippen LogP contribution is -2.17. The number of hydrogen-bond donors (Lipinski definition) is 1. The number of carbonyl (C=O) groups excluding carboxylic acids is 1. The molecule has 0 fully saturated rings. The largest absolute Gasteiger partial charge is 0.455 e. The second kappa shape index (κ2) is 7.29. The van der Waals surface area contributed by atoms with Crippen molar-refractivity contribution >= 4 is 35.3 Å². The van der Waals surface area contributed by atoms with E-state index in [1.807, 2.05) is 0 Å². The number of rotatable bonds is 4. The quantitative estimate of drug-likeness (QED) is 0.554. The number of halogens is 2. The number of hydrogen-bond acceptors (Lipinski definition) is 4. The Hall–Kier alpha value is -2.63. The maximum Gasteiger partial charge on any atom is 0.271 e. The molecule has 0 aliphatic carbocycles. The molecule has 1 amide bonds. The molecule has 2 heterocycles. The van der Waals surface area contributed by atoms with Crippen LogP contribution in [0.2, 0.25) is 10.0 Å². The van der Waals surface area contributed by atoms with Gasteiger partial charge in [-0.25, -0.2) is 5.43 Å². The summed E-state index contributed by atoms with van der Waals surface area (Å²) >= 11 is 12.2. The zero-order valence-corrected chi connectivity index (χ0v) is 13.8. The first-order valence-electron chi connectivity index (χ1n) is 6.93. The van der Waals surface area contributed by atoms with Crippen LogP contribution in [-0.4, -0.2) is 17.1 Å². The van der Waals surface area contributed by atoms with E-state index >= 15 is 0 Å². The minimum atomic E-state index is -0.335. The molecule has 0 atom stereocenters. The van der Waals surface area contributed by atoms with Gasteiger partial charge in [-0.05, 0) is 36.4 Å². The lowest BCUT2D eigenvalue weighted by Gasteiger charge is -2.01. The standard InChI is InChI=1S/C17H11Cl2N3O2/c18-14-3-1-2-13(16(14)19)15-5-4-12(24-15)10-21-22-17(23)11-6-8-20-9-7-11/h1-10H,(H,22,23)/b21-10-. The van der Waals surface area contributed by atoms with Crippen LogP contribution >= 0.6 is 23.2 Å². The van der Waals surface area contributed by atoms with E-state index in [0.717, 1.165) is 0 Å². The molecule has 0 bridgehead atoms. The first-order valence-corrected chi connectivity index (χ1v) is 7.68. The zero-order valence-electron chi connectivity index (χ0n) is 12.2. The van der Waals surface area contributed by atoms with Crippen molar-refractivity contribution in [3.8, 4) is 11.3 Å². The van der Waals surface area contributed by atoms with Crippen LogP contribution in [0.3, 0.4) is 0 Å². The summed E-state index contributed by atoms with van der Waals surface area (Å²) in [5, 5.41) is 4.74. The second-order valence-corrected chi connectivity index (χ2v) is 5.52. The summed E-state index contributed by atoms with van der Waals surface area (Å²) in [7, 11) is 0. The van der Waals surface area contributed by atoms with E-state index in [0.29, 0.717) is 32.7 Å². The molecule has 2 aromatic heterocycles. The van der Waals surface area contributed by atoms with Gasteiger partial charge in [0.15, 0.2) is 0 Å². The number of hydrazone groups is 1. The molecule has 0 aliphatic heterocycles. The molecule has 1 N–H and O–H groups in total. The van der Waals surface area contributed by atoms with Crippen molar-refractivity contribution in [1.82, 2.24) is 10.4 Å². The lowest BCUT2D eigenvalue weighted by atomic mass is 10.2. The molecule has 7 heteroatoms. The minimum Gasteiger partial charge on any atom is -0.455 e. The fourth-order valence-corrected chi connectivity index (χ4v) is 2.38. The Morgan fingerprint density at radius 1 is 1.12 bits per heavy atom. The maximum absolute atomic E-state index is 11.8. The van der Waals surface area contributed by atoms with Gasteiger partial charge in [-0.3, -0.25) is 9.78 Å². The predicted octanol–water partition coefficient (Wildman–Crippen LogP) is 4.41. The topological polar surface area (TPSA) is 67.5 Å². The molecule has 0 radical (unpaired) electrons. The molecule has 120 valence electrons. The Morgan fingerprint density at radius 3 is 2.71 bits per heavy atom. The van der Waals surface area contributed by atoms with E-state index in [-0.39, 0.29) is 5.91 Å². The molecule has 3 aromatic rings. The molecule has 0 spiro atoms. The number of aromatic nitrogens is 1. The highest BCUT2D eigenvalue weighted by Gasteiger charge is 2.10. The Kier molecular flexibility index (Phi) is 4.93. The maximum atomic E-state index is 11.8. The number of nitrogens with zero attached hydrogens (tertiary/aromatic N) is 2. The van der Waals surface area contributed by atoms with Gasteiger partial charge in [-0.2, -0.15) is 5.10 Å². The van der Waals surface area contributed by atoms with Crippen molar-refractivity contribution in [3.63, 3.8) is 0 Å². The third-order valence-corrected chi connectivity index (χ3v) is 3.96. The van der Waals surface area contributed by atoms with E-state index in [9.17, 15) is 4.79 Å². The van der Waals surface area contributed by atoms with E-state index in [1.54, 1.807) is 42.5 Å². The van der Waals surface area contributed by atoms with Crippen molar-refractivity contribution < 1.29 is 9.21 Å². The summed E-state index contributed by atoms with van der Waals surface area (Å²) in [6.45, 7) is 0. The Labute approximate surface area is 147 Å². The molecule has 0 saturated heterocycles.